The molecule has 0 fully saturated rings. The number of allylic oxidation sites excluding steroid dienone is 1. The summed E-state index contributed by atoms with van der Waals surface area (Å²) in [5, 5.41) is 5.42. The van der Waals surface area contributed by atoms with Crippen molar-refractivity contribution >= 4 is 27.9 Å². The van der Waals surface area contributed by atoms with Crippen molar-refractivity contribution in [2.45, 2.75) is 39.3 Å². The largest absolute Gasteiger partial charge is 0.459 e. The van der Waals surface area contributed by atoms with Crippen molar-refractivity contribution in [1.29, 1.82) is 0 Å². The number of carbonyl (C=O) groups excluding carboxylic acids is 2. The van der Waals surface area contributed by atoms with Crippen LogP contribution in [0.2, 0.25) is 0 Å². The molecule has 0 bridgehead atoms. The van der Waals surface area contributed by atoms with Gasteiger partial charge in [-0.15, -0.1) is 0 Å². The summed E-state index contributed by atoms with van der Waals surface area (Å²) >= 11 is 3.47. The lowest BCUT2D eigenvalue weighted by molar-refractivity contribution is -0.144. The van der Waals surface area contributed by atoms with Crippen molar-refractivity contribution in [3.05, 3.63) is 45.6 Å². The molecule has 2 N–H and O–H groups in total. The molecule has 1 aromatic rings. The summed E-state index contributed by atoms with van der Waals surface area (Å²) in [4.78, 5) is 24.3. The van der Waals surface area contributed by atoms with Gasteiger partial charge in [0.2, 0.25) is 0 Å². The number of ether oxygens (including phenoxy) is 1. The Balaban J connectivity index is 2.41. The van der Waals surface area contributed by atoms with Gasteiger partial charge in [-0.3, -0.25) is 0 Å². The average molecular weight is 367 g/mol. The minimum atomic E-state index is -0.541. The highest BCUT2D eigenvalue weighted by Crippen LogP contribution is 2.32. The third kappa shape index (κ3) is 3.50. The van der Waals surface area contributed by atoms with Crippen molar-refractivity contribution in [1.82, 2.24) is 10.6 Å². The average Bonchev–Trinajstić information content (AvgIpc) is 2.46. The Morgan fingerprint density at radius 1 is 1.41 bits per heavy atom. The number of halogens is 1. The first kappa shape index (κ1) is 16.5. The van der Waals surface area contributed by atoms with Crippen LogP contribution < -0.4 is 10.6 Å². The van der Waals surface area contributed by atoms with Crippen LogP contribution in [0.1, 0.15) is 38.8 Å². The fraction of sp³-hybridized carbons (Fsp3) is 0.375. The predicted molar refractivity (Wildman–Crippen MR) is 87.1 cm³/mol. The minimum Gasteiger partial charge on any atom is -0.459 e. The van der Waals surface area contributed by atoms with E-state index in [9.17, 15) is 9.59 Å². The number of carbonyl (C=O) groups is 2. The molecule has 1 aliphatic heterocycles. The van der Waals surface area contributed by atoms with Crippen LogP contribution >= 0.6 is 15.9 Å². The number of amides is 2. The first-order valence-electron chi connectivity index (χ1n) is 7.17. The number of rotatable bonds is 4. The second kappa shape index (κ2) is 6.96. The van der Waals surface area contributed by atoms with E-state index in [-0.39, 0.29) is 12.1 Å². The quantitative estimate of drug-likeness (QED) is 0.802. The number of urea groups is 1. The van der Waals surface area contributed by atoms with Crippen molar-refractivity contribution in [2.24, 2.45) is 0 Å². The molecule has 0 aliphatic carbocycles. The van der Waals surface area contributed by atoms with Crippen LogP contribution in [0.15, 0.2) is 40.0 Å². The highest BCUT2D eigenvalue weighted by atomic mass is 79.9. The minimum absolute atomic E-state index is 0.176. The van der Waals surface area contributed by atoms with E-state index in [0.29, 0.717) is 11.3 Å². The Morgan fingerprint density at radius 3 is 2.73 bits per heavy atom. The molecule has 2 unspecified atom stereocenters. The van der Waals surface area contributed by atoms with Crippen LogP contribution in [-0.4, -0.2) is 18.1 Å². The van der Waals surface area contributed by atoms with E-state index in [1.54, 1.807) is 6.92 Å². The van der Waals surface area contributed by atoms with Gasteiger partial charge >= 0.3 is 12.0 Å². The summed E-state index contributed by atoms with van der Waals surface area (Å²) in [6.07, 6.45) is 0.558. The maximum absolute atomic E-state index is 12.5. The van der Waals surface area contributed by atoms with Crippen LogP contribution in [0.5, 0.6) is 0 Å². The SMILES string of the molecule is CCC(C)OC(=O)C1=C(C)NC(=O)NC1c1ccccc1Br. The number of nitrogens with one attached hydrogen (secondary N) is 2. The van der Waals surface area contributed by atoms with Crippen molar-refractivity contribution in [3.8, 4) is 0 Å². The molecule has 1 aliphatic rings. The van der Waals surface area contributed by atoms with Gasteiger partial charge in [-0.2, -0.15) is 0 Å². The van der Waals surface area contributed by atoms with E-state index in [0.717, 1.165) is 16.5 Å². The van der Waals surface area contributed by atoms with Crippen LogP contribution in [0.25, 0.3) is 0 Å². The second-order valence-corrected chi connectivity index (χ2v) is 6.07. The molecule has 5 nitrogen and oxygen atoms in total. The first-order valence-corrected chi connectivity index (χ1v) is 7.97. The molecule has 0 saturated carbocycles. The van der Waals surface area contributed by atoms with Crippen LogP contribution in [0, 0.1) is 0 Å². The molecule has 22 heavy (non-hydrogen) atoms. The number of hydrogen-bond donors (Lipinski definition) is 2. The molecular weight excluding hydrogens is 348 g/mol. The lowest BCUT2D eigenvalue weighted by Gasteiger charge is -2.29. The van der Waals surface area contributed by atoms with Gasteiger partial charge in [-0.25, -0.2) is 9.59 Å². The van der Waals surface area contributed by atoms with Gasteiger partial charge in [-0.05, 0) is 31.9 Å². The normalized spacial score (nSPS) is 19.3. The molecular formula is C16H19BrN2O3. The number of hydrogen-bond acceptors (Lipinski definition) is 3. The van der Waals surface area contributed by atoms with Crippen LogP contribution in [0.3, 0.4) is 0 Å². The zero-order chi connectivity index (χ0) is 16.3. The summed E-state index contributed by atoms with van der Waals surface area (Å²) in [5.74, 6) is -0.417. The van der Waals surface area contributed by atoms with E-state index in [1.165, 1.54) is 0 Å². The summed E-state index contributed by atoms with van der Waals surface area (Å²) in [5.41, 5.74) is 1.75. The summed E-state index contributed by atoms with van der Waals surface area (Å²) in [6, 6.07) is 6.60. The van der Waals surface area contributed by atoms with Gasteiger partial charge in [-0.1, -0.05) is 41.1 Å². The fourth-order valence-electron chi connectivity index (χ4n) is 2.24. The van der Waals surface area contributed by atoms with Gasteiger partial charge in [0.15, 0.2) is 0 Å². The third-order valence-electron chi connectivity index (χ3n) is 3.59. The summed E-state index contributed by atoms with van der Waals surface area (Å²) < 4.78 is 6.26. The van der Waals surface area contributed by atoms with E-state index in [1.807, 2.05) is 38.1 Å². The van der Waals surface area contributed by atoms with Gasteiger partial charge in [0, 0.05) is 10.2 Å². The molecule has 0 radical (unpaired) electrons. The fourth-order valence-corrected chi connectivity index (χ4v) is 2.75. The van der Waals surface area contributed by atoms with E-state index in [4.69, 9.17) is 4.74 Å². The van der Waals surface area contributed by atoms with Gasteiger partial charge in [0.05, 0.1) is 17.7 Å². The Bertz CT molecular complexity index is 628. The van der Waals surface area contributed by atoms with Crippen molar-refractivity contribution in [3.63, 3.8) is 0 Å². The Morgan fingerprint density at radius 2 is 2.09 bits per heavy atom. The molecule has 0 saturated heterocycles. The lowest BCUT2D eigenvalue weighted by atomic mass is 9.95. The van der Waals surface area contributed by atoms with Gasteiger partial charge < -0.3 is 15.4 Å². The lowest BCUT2D eigenvalue weighted by Crippen LogP contribution is -2.45. The van der Waals surface area contributed by atoms with Crippen LogP contribution in [0.4, 0.5) is 4.79 Å². The second-order valence-electron chi connectivity index (χ2n) is 5.22. The molecule has 2 rings (SSSR count). The summed E-state index contributed by atoms with van der Waals surface area (Å²) in [6.45, 7) is 5.50. The molecule has 0 aromatic heterocycles. The molecule has 6 heteroatoms. The predicted octanol–water partition coefficient (Wildman–Crippen LogP) is 3.42. The zero-order valence-electron chi connectivity index (χ0n) is 12.8. The van der Waals surface area contributed by atoms with E-state index < -0.39 is 12.0 Å². The van der Waals surface area contributed by atoms with E-state index in [2.05, 4.69) is 26.6 Å². The highest BCUT2D eigenvalue weighted by molar-refractivity contribution is 9.10. The number of esters is 1. The maximum Gasteiger partial charge on any atom is 0.338 e. The molecule has 2 atom stereocenters. The topological polar surface area (TPSA) is 67.4 Å². The van der Waals surface area contributed by atoms with Crippen molar-refractivity contribution in [2.75, 3.05) is 0 Å². The zero-order valence-corrected chi connectivity index (χ0v) is 14.4. The molecule has 1 aromatic carbocycles. The van der Waals surface area contributed by atoms with Crippen molar-refractivity contribution < 1.29 is 14.3 Å². The van der Waals surface area contributed by atoms with Gasteiger partial charge in [0.25, 0.3) is 0 Å². The highest BCUT2D eigenvalue weighted by Gasteiger charge is 2.33. The monoisotopic (exact) mass is 366 g/mol. The molecule has 1 heterocycles. The molecule has 0 spiro atoms. The number of benzene rings is 1. The summed E-state index contributed by atoms with van der Waals surface area (Å²) in [7, 11) is 0. The Hall–Kier alpha value is -1.82. The van der Waals surface area contributed by atoms with Crippen LogP contribution in [-0.2, 0) is 9.53 Å². The first-order chi connectivity index (χ1) is 10.4. The Labute approximate surface area is 138 Å². The maximum atomic E-state index is 12.5. The standard InChI is InChI=1S/C16H19BrN2O3/c1-4-9(2)22-15(20)13-10(3)18-16(21)19-14(13)11-7-5-6-8-12(11)17/h5-9,14H,4H2,1-3H3,(H2,18,19,21). The van der Waals surface area contributed by atoms with E-state index >= 15 is 0 Å². The van der Waals surface area contributed by atoms with Gasteiger partial charge in [0.1, 0.15) is 0 Å². The smallest absolute Gasteiger partial charge is 0.338 e. The molecule has 2 amide bonds. The Kier molecular flexibility index (Phi) is 5.24. The third-order valence-corrected chi connectivity index (χ3v) is 4.31. The molecule has 118 valence electrons.